The molecule has 0 unspecified atom stereocenters. The zero-order chi connectivity index (χ0) is 31.8. The third-order valence-corrected chi connectivity index (χ3v) is 7.20. The number of rotatable bonds is 7. The van der Waals surface area contributed by atoms with Crippen LogP contribution in [0.3, 0.4) is 0 Å². The Hall–Kier alpha value is -4.72. The normalized spacial score (nSPS) is 16.2. The van der Waals surface area contributed by atoms with Crippen molar-refractivity contribution in [3.63, 3.8) is 0 Å². The van der Waals surface area contributed by atoms with Gasteiger partial charge in [0.05, 0.1) is 18.7 Å². The summed E-state index contributed by atoms with van der Waals surface area (Å²) in [4.78, 5) is 39.3. The summed E-state index contributed by atoms with van der Waals surface area (Å²) < 4.78 is 75.5. The lowest BCUT2D eigenvalue weighted by molar-refractivity contribution is -0.167. The van der Waals surface area contributed by atoms with Crippen LogP contribution in [0.25, 0.3) is 22.3 Å². The van der Waals surface area contributed by atoms with Crippen molar-refractivity contribution in [3.8, 4) is 11.4 Å². The van der Waals surface area contributed by atoms with E-state index in [0.29, 0.717) is 40.0 Å². The molecular weight excluding hydrogens is 589 g/mol. The van der Waals surface area contributed by atoms with Crippen LogP contribution in [0.1, 0.15) is 27.3 Å². The summed E-state index contributed by atoms with van der Waals surface area (Å²) in [5, 5.41) is 12.6. The highest BCUT2D eigenvalue weighted by Gasteiger charge is 2.46. The Morgan fingerprint density at radius 1 is 1.09 bits per heavy atom. The number of halogens is 5. The number of carbonyl (C=O) groups is 2. The molecule has 5 rings (SSSR count). The lowest BCUT2D eigenvalue weighted by Crippen LogP contribution is -2.53. The van der Waals surface area contributed by atoms with Crippen LogP contribution in [0.2, 0.25) is 0 Å². The van der Waals surface area contributed by atoms with Crippen LogP contribution < -0.4 is 10.2 Å². The molecule has 9 nitrogen and oxygen atoms in total. The van der Waals surface area contributed by atoms with Crippen molar-refractivity contribution in [2.75, 3.05) is 24.7 Å². The monoisotopic (exact) mass is 615 g/mol. The number of hydrogen-bond donors (Lipinski definition) is 2. The SMILES string of the molecule is Cc1cc(C)nc(-c2ccc(C[C@H](NC(=O)c3c(F)cc(N4CCOC[C@@H]4C(F)(F)F)cc3F)C(=O)O)c3cccnc23)n1. The molecule has 230 valence electrons. The molecule has 2 aromatic heterocycles. The average Bonchev–Trinajstić information content (AvgIpc) is 2.95. The third kappa shape index (κ3) is 6.30. The van der Waals surface area contributed by atoms with Crippen LogP contribution >= 0.6 is 0 Å². The van der Waals surface area contributed by atoms with Gasteiger partial charge in [0, 0.05) is 47.2 Å². The van der Waals surface area contributed by atoms with Crippen LogP contribution in [0.5, 0.6) is 0 Å². The van der Waals surface area contributed by atoms with Crippen molar-refractivity contribution in [1.82, 2.24) is 20.3 Å². The van der Waals surface area contributed by atoms with Crippen molar-refractivity contribution in [2.24, 2.45) is 0 Å². The quantitative estimate of drug-likeness (QED) is 0.286. The predicted octanol–water partition coefficient (Wildman–Crippen LogP) is 4.78. The van der Waals surface area contributed by atoms with Crippen molar-refractivity contribution in [1.29, 1.82) is 0 Å². The Balaban J connectivity index is 1.42. The number of nitrogens with one attached hydrogen (secondary N) is 1. The molecule has 0 spiro atoms. The number of aromatic nitrogens is 3. The van der Waals surface area contributed by atoms with E-state index in [1.807, 2.05) is 19.9 Å². The number of morpholine rings is 1. The molecule has 4 aromatic rings. The van der Waals surface area contributed by atoms with E-state index < -0.39 is 59.6 Å². The Morgan fingerprint density at radius 2 is 1.77 bits per heavy atom. The van der Waals surface area contributed by atoms with Gasteiger partial charge in [0.1, 0.15) is 29.3 Å². The highest BCUT2D eigenvalue weighted by molar-refractivity contribution is 5.98. The van der Waals surface area contributed by atoms with Crippen LogP contribution in [0.15, 0.2) is 48.7 Å². The van der Waals surface area contributed by atoms with Gasteiger partial charge < -0.3 is 20.1 Å². The number of fused-ring (bicyclic) bond motifs is 1. The number of hydrogen-bond acceptors (Lipinski definition) is 7. The maximum atomic E-state index is 15.1. The lowest BCUT2D eigenvalue weighted by Gasteiger charge is -2.38. The van der Waals surface area contributed by atoms with E-state index in [1.54, 1.807) is 30.5 Å². The average molecular weight is 616 g/mol. The summed E-state index contributed by atoms with van der Waals surface area (Å²) in [6.07, 6.45) is -3.46. The van der Waals surface area contributed by atoms with Gasteiger partial charge in [-0.3, -0.25) is 9.78 Å². The van der Waals surface area contributed by atoms with E-state index in [9.17, 15) is 27.9 Å². The van der Waals surface area contributed by atoms with Gasteiger partial charge in [-0.2, -0.15) is 13.2 Å². The fourth-order valence-corrected chi connectivity index (χ4v) is 5.21. The molecule has 1 fully saturated rings. The summed E-state index contributed by atoms with van der Waals surface area (Å²) in [5.41, 5.74) is 1.49. The Labute approximate surface area is 247 Å². The second-order valence-electron chi connectivity index (χ2n) is 10.3. The second kappa shape index (κ2) is 12.1. The number of anilines is 1. The first-order chi connectivity index (χ1) is 20.8. The number of carbonyl (C=O) groups excluding carboxylic acids is 1. The topological polar surface area (TPSA) is 118 Å². The zero-order valence-corrected chi connectivity index (χ0v) is 23.5. The number of aryl methyl sites for hydroxylation is 2. The Morgan fingerprint density at radius 3 is 2.41 bits per heavy atom. The number of benzene rings is 2. The van der Waals surface area contributed by atoms with E-state index in [2.05, 4.69) is 20.3 Å². The fraction of sp³-hybridized carbons (Fsp3) is 0.300. The minimum atomic E-state index is -4.73. The summed E-state index contributed by atoms with van der Waals surface area (Å²) in [5.74, 6) is -5.32. The van der Waals surface area contributed by atoms with E-state index in [4.69, 9.17) is 4.74 Å². The third-order valence-electron chi connectivity index (χ3n) is 7.20. The van der Waals surface area contributed by atoms with Crippen molar-refractivity contribution in [3.05, 3.63) is 82.8 Å². The van der Waals surface area contributed by atoms with E-state index in [0.717, 1.165) is 16.3 Å². The molecule has 0 saturated carbocycles. The number of carboxylic acids is 1. The minimum absolute atomic E-state index is 0.0960. The van der Waals surface area contributed by atoms with E-state index >= 15 is 8.78 Å². The molecule has 44 heavy (non-hydrogen) atoms. The molecule has 3 heterocycles. The number of carboxylic acid groups (broad SMARTS) is 1. The van der Waals surface area contributed by atoms with Gasteiger partial charge in [-0.05, 0) is 49.7 Å². The Kier molecular flexibility index (Phi) is 8.46. The van der Waals surface area contributed by atoms with Crippen molar-refractivity contribution >= 4 is 28.5 Å². The number of pyridine rings is 1. The van der Waals surface area contributed by atoms with E-state index in [-0.39, 0.29) is 19.6 Å². The zero-order valence-electron chi connectivity index (χ0n) is 23.5. The molecule has 1 aliphatic rings. The largest absolute Gasteiger partial charge is 0.480 e. The number of amides is 1. The summed E-state index contributed by atoms with van der Waals surface area (Å²) in [6, 6.07) is 5.96. The standard InChI is InChI=1S/C30H26F5N5O4/c1-15-10-16(2)38-27(37-15)20-6-5-17(19-4-3-7-36-26(19)20)11-23(29(42)43)39-28(41)25-21(31)12-18(13-22(25)32)40-8-9-44-14-24(40)30(33,34)35/h3-7,10,12-13,23-24H,8-9,11,14H2,1-2H3,(H,39,41)(H,42,43)/t23-,24+/m0/s1. The fourth-order valence-electron chi connectivity index (χ4n) is 5.21. The van der Waals surface area contributed by atoms with Gasteiger partial charge in [-0.15, -0.1) is 0 Å². The van der Waals surface area contributed by atoms with Gasteiger partial charge in [-0.25, -0.2) is 23.5 Å². The van der Waals surface area contributed by atoms with E-state index in [1.165, 1.54) is 0 Å². The molecule has 2 aromatic carbocycles. The molecule has 2 N–H and O–H groups in total. The molecule has 1 aliphatic heterocycles. The number of nitrogens with zero attached hydrogens (tertiary/aromatic N) is 4. The van der Waals surface area contributed by atoms with Crippen molar-refractivity contribution < 1.29 is 41.4 Å². The molecule has 1 amide bonds. The summed E-state index contributed by atoms with van der Waals surface area (Å²) in [7, 11) is 0. The number of alkyl halides is 3. The first-order valence-electron chi connectivity index (χ1n) is 13.5. The number of ether oxygens (including phenoxy) is 1. The van der Waals surface area contributed by atoms with Crippen molar-refractivity contribution in [2.45, 2.75) is 38.5 Å². The first-order valence-corrected chi connectivity index (χ1v) is 13.5. The first kappa shape index (κ1) is 30.7. The van der Waals surface area contributed by atoms with Crippen LogP contribution in [0.4, 0.5) is 27.6 Å². The maximum absolute atomic E-state index is 15.1. The molecule has 0 aliphatic carbocycles. The molecule has 0 radical (unpaired) electrons. The van der Waals surface area contributed by atoms with Crippen LogP contribution in [0, 0.1) is 25.5 Å². The summed E-state index contributed by atoms with van der Waals surface area (Å²) >= 11 is 0. The smallest absolute Gasteiger partial charge is 0.411 e. The highest BCUT2D eigenvalue weighted by Crippen LogP contribution is 2.33. The van der Waals surface area contributed by atoms with Crippen LogP contribution in [-0.2, 0) is 16.0 Å². The second-order valence-corrected chi connectivity index (χ2v) is 10.3. The lowest BCUT2D eigenvalue weighted by atomic mass is 9.97. The molecule has 2 atom stereocenters. The maximum Gasteiger partial charge on any atom is 0.411 e. The predicted molar refractivity (Wildman–Crippen MR) is 149 cm³/mol. The molecule has 1 saturated heterocycles. The highest BCUT2D eigenvalue weighted by atomic mass is 19.4. The van der Waals surface area contributed by atoms with Gasteiger partial charge in [0.25, 0.3) is 5.91 Å². The molecule has 14 heteroatoms. The molecule has 0 bridgehead atoms. The molecular formula is C30H26F5N5O4. The van der Waals surface area contributed by atoms with Gasteiger partial charge in [-0.1, -0.05) is 12.1 Å². The number of aliphatic carboxylic acids is 1. The Bertz CT molecular complexity index is 1710. The van der Waals surface area contributed by atoms with Gasteiger partial charge in [0.15, 0.2) is 5.82 Å². The van der Waals surface area contributed by atoms with Gasteiger partial charge in [0.2, 0.25) is 0 Å². The summed E-state index contributed by atoms with van der Waals surface area (Å²) in [6.45, 7) is 2.54. The minimum Gasteiger partial charge on any atom is -0.480 e. The van der Waals surface area contributed by atoms with Crippen LogP contribution in [-0.4, -0.2) is 70.0 Å². The van der Waals surface area contributed by atoms with Gasteiger partial charge >= 0.3 is 12.1 Å².